The fourth-order valence-electron chi connectivity index (χ4n) is 3.18. The average molecular weight is 389 g/mol. The number of H-pyrrole nitrogens is 1. The fourth-order valence-corrected chi connectivity index (χ4v) is 3.88. The van der Waals surface area contributed by atoms with Gasteiger partial charge >= 0.3 is 0 Å². The summed E-state index contributed by atoms with van der Waals surface area (Å²) in [6, 6.07) is 4.83. The molecule has 0 saturated carbocycles. The number of pyridine rings is 1. The van der Waals surface area contributed by atoms with Crippen LogP contribution in [0.4, 0.5) is 4.39 Å². The van der Waals surface area contributed by atoms with Gasteiger partial charge in [-0.2, -0.15) is 0 Å². The van der Waals surface area contributed by atoms with Crippen LogP contribution in [0, 0.1) is 5.82 Å². The smallest absolute Gasteiger partial charge is 0.142 e. The molecule has 7 heteroatoms. The zero-order valence-electron chi connectivity index (χ0n) is 14.1. The minimum Gasteiger partial charge on any atom is -0.346 e. The molecule has 3 heterocycles. The summed E-state index contributed by atoms with van der Waals surface area (Å²) in [5.74, 6) is -0.690. The van der Waals surface area contributed by atoms with Gasteiger partial charge in [-0.3, -0.25) is 0 Å². The first-order valence-corrected chi connectivity index (χ1v) is 8.80. The molecule has 0 aliphatic rings. The molecule has 132 valence electrons. The number of aryl methyl sites for hydroxylation is 1. The van der Waals surface area contributed by atoms with Crippen molar-refractivity contribution >= 4 is 34.2 Å². The number of rotatable bonds is 3. The third-order valence-corrected chi connectivity index (χ3v) is 5.26. The van der Waals surface area contributed by atoms with E-state index in [2.05, 4.69) is 15.0 Å². The van der Waals surface area contributed by atoms with Crippen LogP contribution in [0.1, 0.15) is 24.0 Å². The molecule has 4 aromatic rings. The van der Waals surface area contributed by atoms with Gasteiger partial charge in [0.05, 0.1) is 17.0 Å². The Morgan fingerprint density at radius 2 is 2.04 bits per heavy atom. The second-order valence-electron chi connectivity index (χ2n) is 6.27. The topological polar surface area (TPSA) is 46.5 Å². The molecule has 0 amide bonds. The molecule has 0 aliphatic heterocycles. The van der Waals surface area contributed by atoms with Crippen LogP contribution < -0.4 is 0 Å². The molecule has 1 atom stereocenters. The molecule has 3 aromatic heterocycles. The molecule has 1 aromatic carbocycles. The maximum atomic E-state index is 13.9. The molecule has 0 spiro atoms. The van der Waals surface area contributed by atoms with E-state index in [1.165, 1.54) is 12.1 Å². The van der Waals surface area contributed by atoms with E-state index in [0.29, 0.717) is 10.6 Å². The second-order valence-corrected chi connectivity index (χ2v) is 7.05. The molecule has 0 saturated heterocycles. The van der Waals surface area contributed by atoms with Crippen LogP contribution in [-0.4, -0.2) is 19.5 Å². The van der Waals surface area contributed by atoms with Crippen molar-refractivity contribution in [3.8, 4) is 11.3 Å². The number of nitrogens with one attached hydrogen (secondary N) is 1. The van der Waals surface area contributed by atoms with E-state index in [-0.39, 0.29) is 10.9 Å². The molecule has 0 fully saturated rings. The summed E-state index contributed by atoms with van der Waals surface area (Å²) >= 11 is 12.5. The molecule has 0 radical (unpaired) electrons. The lowest BCUT2D eigenvalue weighted by atomic mass is 9.92. The largest absolute Gasteiger partial charge is 0.346 e. The molecule has 1 unspecified atom stereocenters. The van der Waals surface area contributed by atoms with E-state index >= 15 is 0 Å². The number of fused-ring (bicyclic) bond motifs is 1. The highest BCUT2D eigenvalue weighted by atomic mass is 35.5. The van der Waals surface area contributed by atoms with Gasteiger partial charge in [-0.15, -0.1) is 0 Å². The lowest BCUT2D eigenvalue weighted by molar-refractivity contribution is 0.625. The van der Waals surface area contributed by atoms with Gasteiger partial charge in [-0.05, 0) is 29.3 Å². The molecule has 4 rings (SSSR count). The summed E-state index contributed by atoms with van der Waals surface area (Å²) in [6.07, 6.45) is 7.31. The number of imidazole rings is 1. The Balaban J connectivity index is 1.86. The SMILES string of the molecule is CC(c1c(Cl)ccc(F)c1Cl)c1c[nH]c2ncc(-c3cn(C)cn3)cc12. The zero-order valence-corrected chi connectivity index (χ0v) is 15.6. The van der Waals surface area contributed by atoms with E-state index in [1.54, 1.807) is 12.5 Å². The third kappa shape index (κ3) is 2.77. The molecule has 0 aliphatic carbocycles. The number of hydrogen-bond acceptors (Lipinski definition) is 2. The minimum atomic E-state index is -0.481. The monoisotopic (exact) mass is 388 g/mol. The Morgan fingerprint density at radius 1 is 1.23 bits per heavy atom. The third-order valence-electron chi connectivity index (χ3n) is 4.54. The first kappa shape index (κ1) is 17.1. The first-order valence-electron chi connectivity index (χ1n) is 8.04. The Labute approximate surface area is 159 Å². The lowest BCUT2D eigenvalue weighted by Gasteiger charge is -2.15. The van der Waals surface area contributed by atoms with Gasteiger partial charge in [-0.1, -0.05) is 30.1 Å². The average Bonchev–Trinajstić information content (AvgIpc) is 3.24. The first-order chi connectivity index (χ1) is 12.5. The Morgan fingerprint density at radius 3 is 2.77 bits per heavy atom. The van der Waals surface area contributed by atoms with E-state index in [9.17, 15) is 4.39 Å². The van der Waals surface area contributed by atoms with Crippen LogP contribution in [0.5, 0.6) is 0 Å². The number of nitrogens with zero attached hydrogens (tertiary/aromatic N) is 3. The van der Waals surface area contributed by atoms with Gasteiger partial charge in [-0.25, -0.2) is 14.4 Å². The summed E-state index contributed by atoms with van der Waals surface area (Å²) < 4.78 is 15.8. The quantitative estimate of drug-likeness (QED) is 0.466. The van der Waals surface area contributed by atoms with Crippen molar-refractivity contribution < 1.29 is 4.39 Å². The van der Waals surface area contributed by atoms with E-state index in [1.807, 2.05) is 37.0 Å². The normalized spacial score (nSPS) is 12.7. The van der Waals surface area contributed by atoms with E-state index in [4.69, 9.17) is 23.2 Å². The van der Waals surface area contributed by atoms with Gasteiger partial charge in [0, 0.05) is 47.5 Å². The van der Waals surface area contributed by atoms with Crippen LogP contribution in [0.2, 0.25) is 10.0 Å². The van der Waals surface area contributed by atoms with Crippen LogP contribution >= 0.6 is 23.2 Å². The number of aromatic amines is 1. The van der Waals surface area contributed by atoms with Crippen molar-refractivity contribution in [1.29, 1.82) is 0 Å². The van der Waals surface area contributed by atoms with Gasteiger partial charge < -0.3 is 9.55 Å². The standard InChI is InChI=1S/C19H15Cl2FN4/c1-10(17-14(20)3-4-15(22)18(17)21)13-7-24-19-12(13)5-11(6-23-19)16-8-26(2)9-25-16/h3-10H,1-2H3,(H,23,24). The van der Waals surface area contributed by atoms with Crippen LogP contribution in [-0.2, 0) is 7.05 Å². The highest BCUT2D eigenvalue weighted by Crippen LogP contribution is 2.39. The molecular formula is C19H15Cl2FN4. The molecule has 0 bridgehead atoms. The molecular weight excluding hydrogens is 374 g/mol. The van der Waals surface area contributed by atoms with Crippen molar-refractivity contribution in [3.05, 3.63) is 70.1 Å². The second kappa shape index (κ2) is 6.41. The van der Waals surface area contributed by atoms with Gasteiger partial charge in [0.1, 0.15) is 11.5 Å². The molecule has 4 nitrogen and oxygen atoms in total. The maximum Gasteiger partial charge on any atom is 0.142 e. The number of hydrogen-bond donors (Lipinski definition) is 1. The summed E-state index contributed by atoms with van der Waals surface area (Å²) in [7, 11) is 1.92. The fraction of sp³-hybridized carbons (Fsp3) is 0.158. The predicted octanol–water partition coefficient (Wildman–Crippen LogP) is 5.56. The lowest BCUT2D eigenvalue weighted by Crippen LogP contribution is -1.99. The zero-order chi connectivity index (χ0) is 18.4. The van der Waals surface area contributed by atoms with Crippen molar-refractivity contribution in [2.45, 2.75) is 12.8 Å². The van der Waals surface area contributed by atoms with Crippen molar-refractivity contribution in [2.75, 3.05) is 0 Å². The highest BCUT2D eigenvalue weighted by Gasteiger charge is 2.21. The number of benzene rings is 1. The molecule has 26 heavy (non-hydrogen) atoms. The Kier molecular flexibility index (Phi) is 4.21. The van der Waals surface area contributed by atoms with Gasteiger partial charge in [0.25, 0.3) is 0 Å². The van der Waals surface area contributed by atoms with Crippen molar-refractivity contribution in [2.24, 2.45) is 7.05 Å². The van der Waals surface area contributed by atoms with Gasteiger partial charge in [0.2, 0.25) is 0 Å². The number of halogens is 3. The van der Waals surface area contributed by atoms with E-state index < -0.39 is 5.82 Å². The summed E-state index contributed by atoms with van der Waals surface area (Å²) in [6.45, 7) is 1.95. The Hall–Kier alpha value is -2.37. The van der Waals surface area contributed by atoms with Crippen molar-refractivity contribution in [3.63, 3.8) is 0 Å². The number of aromatic nitrogens is 4. The summed E-state index contributed by atoms with van der Waals surface area (Å²) in [4.78, 5) is 12.0. The van der Waals surface area contributed by atoms with Crippen LogP contribution in [0.25, 0.3) is 22.3 Å². The maximum absolute atomic E-state index is 13.9. The van der Waals surface area contributed by atoms with Crippen molar-refractivity contribution in [1.82, 2.24) is 19.5 Å². The minimum absolute atomic E-state index is 0.0492. The Bertz CT molecular complexity index is 1120. The summed E-state index contributed by atoms with van der Waals surface area (Å²) in [5, 5.41) is 1.41. The van der Waals surface area contributed by atoms with E-state index in [0.717, 1.165) is 27.9 Å². The highest BCUT2D eigenvalue weighted by molar-refractivity contribution is 6.36. The summed E-state index contributed by atoms with van der Waals surface area (Å²) in [5.41, 5.74) is 4.00. The molecule has 1 N–H and O–H groups in total. The van der Waals surface area contributed by atoms with Crippen LogP contribution in [0.3, 0.4) is 0 Å². The predicted molar refractivity (Wildman–Crippen MR) is 102 cm³/mol. The van der Waals surface area contributed by atoms with Crippen LogP contribution in [0.15, 0.2) is 43.1 Å². The van der Waals surface area contributed by atoms with Gasteiger partial charge in [0.15, 0.2) is 0 Å².